The van der Waals surface area contributed by atoms with Gasteiger partial charge in [-0.05, 0) is 45.7 Å². The maximum Gasteiger partial charge on any atom is 0.490 e. The predicted molar refractivity (Wildman–Crippen MR) is 152 cm³/mol. The molecule has 1 aliphatic carbocycles. The number of nitrogens with two attached hydrogens (primary N) is 1. The van der Waals surface area contributed by atoms with Crippen molar-refractivity contribution in [2.45, 2.75) is 83.1 Å². The number of aliphatic carboxylic acids is 2. The Bertz CT molecular complexity index is 1370. The summed E-state index contributed by atoms with van der Waals surface area (Å²) in [5, 5.41) is 29.4. The minimum Gasteiger partial charge on any atom is -0.475 e. The molecule has 1 aromatic carbocycles. The quantitative estimate of drug-likeness (QED) is 0.158. The van der Waals surface area contributed by atoms with Crippen molar-refractivity contribution in [3.8, 4) is 0 Å². The van der Waals surface area contributed by atoms with Crippen LogP contribution in [0.3, 0.4) is 0 Å². The molecule has 46 heavy (non-hydrogen) atoms. The van der Waals surface area contributed by atoms with Gasteiger partial charge in [-0.1, -0.05) is 24.5 Å². The third kappa shape index (κ3) is 11.5. The van der Waals surface area contributed by atoms with Crippen LogP contribution in [0, 0.1) is 12.3 Å². The van der Waals surface area contributed by atoms with E-state index in [9.17, 15) is 31.1 Å². The highest BCUT2D eigenvalue weighted by Gasteiger charge is 2.39. The fourth-order valence-electron chi connectivity index (χ4n) is 4.78. The van der Waals surface area contributed by atoms with Gasteiger partial charge in [-0.2, -0.15) is 26.3 Å². The van der Waals surface area contributed by atoms with Crippen molar-refractivity contribution in [3.05, 3.63) is 29.6 Å². The Morgan fingerprint density at radius 3 is 1.93 bits per heavy atom. The van der Waals surface area contributed by atoms with E-state index in [4.69, 9.17) is 40.7 Å². The Labute approximate surface area is 259 Å². The fourth-order valence-corrected chi connectivity index (χ4v) is 4.78. The van der Waals surface area contributed by atoms with Gasteiger partial charge in [-0.3, -0.25) is 10.2 Å². The second-order valence-corrected chi connectivity index (χ2v) is 10.7. The first kappa shape index (κ1) is 37.8. The van der Waals surface area contributed by atoms with Gasteiger partial charge in [-0.15, -0.1) is 0 Å². The molecule has 2 aliphatic rings. The van der Waals surface area contributed by atoms with E-state index in [2.05, 4.69) is 15.6 Å². The van der Waals surface area contributed by atoms with Crippen molar-refractivity contribution in [3.63, 3.8) is 0 Å². The maximum atomic E-state index is 13.3. The number of carbonyl (C=O) groups is 3. The highest BCUT2D eigenvalue weighted by Crippen LogP contribution is 2.27. The molecule has 2 aromatic rings. The number of morpholine rings is 1. The zero-order chi connectivity index (χ0) is 35.0. The number of amides is 1. The Kier molecular flexibility index (Phi) is 12.9. The number of nitrogens with zero attached hydrogens (tertiary/aromatic N) is 3. The number of alkyl halides is 6. The van der Waals surface area contributed by atoms with E-state index in [0.29, 0.717) is 18.9 Å². The number of fused-ring (bicyclic) bond motifs is 1. The van der Waals surface area contributed by atoms with Crippen LogP contribution in [0.15, 0.2) is 18.2 Å². The van der Waals surface area contributed by atoms with E-state index in [1.54, 1.807) is 4.90 Å². The summed E-state index contributed by atoms with van der Waals surface area (Å²) in [6, 6.07) is 6.06. The number of carboxylic acids is 2. The zero-order valence-electron chi connectivity index (χ0n) is 25.0. The third-order valence-corrected chi connectivity index (χ3v) is 6.66. The third-order valence-electron chi connectivity index (χ3n) is 6.66. The first-order valence-corrected chi connectivity index (χ1v) is 13.9. The van der Waals surface area contributed by atoms with Gasteiger partial charge < -0.3 is 36.2 Å². The average molecular weight is 668 g/mol. The first-order chi connectivity index (χ1) is 21.2. The number of carbonyl (C=O) groups excluding carboxylic acids is 1. The second-order valence-electron chi connectivity index (χ2n) is 10.7. The normalized spacial score (nSPS) is 21.5. The van der Waals surface area contributed by atoms with Crippen LogP contribution in [-0.4, -0.2) is 98.6 Å². The van der Waals surface area contributed by atoms with E-state index >= 15 is 0 Å². The van der Waals surface area contributed by atoms with Crippen molar-refractivity contribution < 1.29 is 55.7 Å². The summed E-state index contributed by atoms with van der Waals surface area (Å²) in [5.74, 6) is -4.88. The van der Waals surface area contributed by atoms with Gasteiger partial charge in [-0.25, -0.2) is 19.6 Å². The molecule has 2 heterocycles. The van der Waals surface area contributed by atoms with E-state index in [0.717, 1.165) is 42.1 Å². The van der Waals surface area contributed by atoms with E-state index in [-0.39, 0.29) is 42.0 Å². The van der Waals surface area contributed by atoms with Gasteiger partial charge in [0.2, 0.25) is 5.82 Å². The molecule has 1 amide bonds. The molecule has 4 rings (SSSR count). The number of halogens is 6. The Hall–Kier alpha value is -4.42. The standard InChI is InChI=1S/C23H33N7O2.2C2HF3O2/c1-13-8-9-17-16(10-13)20(27-18-6-4-5-7-19(18)28-23(24)25)29-21(26-17)22(31)30-11-14(2)32-15(3)12-30;2*3-2(4,5)1(6)7/h8-10,14-15,18-19H,4-7,11-12H2,1-3H3,(H4,24,25,28)(H,26,27,29);2*(H,6,7)/t14-,15+,18?,19?;;. The molecule has 256 valence electrons. The summed E-state index contributed by atoms with van der Waals surface area (Å²) in [6.45, 7) is 7.01. The van der Waals surface area contributed by atoms with Gasteiger partial charge >= 0.3 is 24.3 Å². The van der Waals surface area contributed by atoms with Crippen molar-refractivity contribution >= 4 is 40.5 Å². The molecular weight excluding hydrogens is 632 g/mol. The monoisotopic (exact) mass is 667 g/mol. The van der Waals surface area contributed by atoms with Crippen LogP contribution >= 0.6 is 0 Å². The number of aryl methyl sites for hydroxylation is 1. The minimum absolute atomic E-state index is 0.0240. The minimum atomic E-state index is -5.08. The molecule has 2 fully saturated rings. The molecule has 1 aliphatic heterocycles. The number of benzene rings is 1. The van der Waals surface area contributed by atoms with Crippen LogP contribution in [0.1, 0.15) is 55.7 Å². The number of hydrogen-bond acceptors (Lipinski definition) is 8. The van der Waals surface area contributed by atoms with Crippen LogP contribution in [0.5, 0.6) is 0 Å². The fraction of sp³-hybridized carbons (Fsp3) is 0.556. The first-order valence-electron chi connectivity index (χ1n) is 13.9. The smallest absolute Gasteiger partial charge is 0.475 e. The van der Waals surface area contributed by atoms with Gasteiger partial charge in [0, 0.05) is 30.6 Å². The van der Waals surface area contributed by atoms with Crippen LogP contribution in [0.25, 0.3) is 10.9 Å². The summed E-state index contributed by atoms with van der Waals surface area (Å²) in [7, 11) is 0. The molecule has 1 saturated carbocycles. The number of nitrogens with one attached hydrogen (secondary N) is 3. The van der Waals surface area contributed by atoms with Crippen molar-refractivity contribution in [2.75, 3.05) is 18.4 Å². The highest BCUT2D eigenvalue weighted by atomic mass is 19.4. The summed E-state index contributed by atoms with van der Waals surface area (Å²) < 4.78 is 69.2. The molecule has 0 spiro atoms. The van der Waals surface area contributed by atoms with Crippen LogP contribution < -0.4 is 16.4 Å². The van der Waals surface area contributed by atoms with Crippen molar-refractivity contribution in [1.82, 2.24) is 20.2 Å². The summed E-state index contributed by atoms with van der Waals surface area (Å²) in [4.78, 5) is 42.2. The SMILES string of the molecule is Cc1ccc2nc(C(=O)N3C[C@@H](C)O[C@@H](C)C3)nc(NC3CCCCC3NC(=N)N)c2c1.O=C(O)C(F)(F)F.O=C(O)C(F)(F)F. The number of guanidine groups is 1. The number of anilines is 1. The number of ether oxygens (including phenoxy) is 1. The average Bonchev–Trinajstić information content (AvgIpc) is 2.92. The lowest BCUT2D eigenvalue weighted by Crippen LogP contribution is -2.50. The zero-order valence-corrected chi connectivity index (χ0v) is 25.0. The highest BCUT2D eigenvalue weighted by molar-refractivity contribution is 5.97. The summed E-state index contributed by atoms with van der Waals surface area (Å²) >= 11 is 0. The van der Waals surface area contributed by atoms with Crippen LogP contribution in [-0.2, 0) is 14.3 Å². The largest absolute Gasteiger partial charge is 0.490 e. The Morgan fingerprint density at radius 1 is 0.957 bits per heavy atom. The molecule has 0 radical (unpaired) electrons. The Balaban J connectivity index is 0.000000440. The number of hydrogen-bond donors (Lipinski definition) is 6. The van der Waals surface area contributed by atoms with Crippen molar-refractivity contribution in [1.29, 1.82) is 5.41 Å². The molecule has 13 nitrogen and oxygen atoms in total. The van der Waals surface area contributed by atoms with Gasteiger partial charge in [0.05, 0.1) is 17.7 Å². The lowest BCUT2D eigenvalue weighted by Gasteiger charge is -2.35. The van der Waals surface area contributed by atoms with E-state index in [1.165, 1.54) is 0 Å². The van der Waals surface area contributed by atoms with E-state index < -0.39 is 24.3 Å². The molecule has 19 heteroatoms. The lowest BCUT2D eigenvalue weighted by atomic mass is 9.90. The molecule has 2 unspecified atom stereocenters. The lowest BCUT2D eigenvalue weighted by molar-refractivity contribution is -0.193. The molecule has 1 aromatic heterocycles. The summed E-state index contributed by atoms with van der Waals surface area (Å²) in [6.07, 6.45) is -6.18. The molecule has 4 atom stereocenters. The Morgan fingerprint density at radius 2 is 1.46 bits per heavy atom. The van der Waals surface area contributed by atoms with Gasteiger partial charge in [0.25, 0.3) is 5.91 Å². The molecule has 0 bridgehead atoms. The topological polar surface area (TPSA) is 204 Å². The molecule has 7 N–H and O–H groups in total. The number of rotatable bonds is 4. The van der Waals surface area contributed by atoms with Crippen molar-refractivity contribution in [2.24, 2.45) is 5.73 Å². The maximum absolute atomic E-state index is 13.3. The predicted octanol–water partition coefficient (Wildman–Crippen LogP) is 3.66. The molecular formula is C27H35F6N7O6. The van der Waals surface area contributed by atoms with E-state index in [1.807, 2.05) is 39.0 Å². The number of carboxylic acid groups (broad SMARTS) is 2. The van der Waals surface area contributed by atoms with Crippen LogP contribution in [0.2, 0.25) is 0 Å². The van der Waals surface area contributed by atoms with Gasteiger partial charge in [0.1, 0.15) is 5.82 Å². The second kappa shape index (κ2) is 15.7. The number of aromatic nitrogens is 2. The molecule has 1 saturated heterocycles. The van der Waals surface area contributed by atoms with Gasteiger partial charge in [0.15, 0.2) is 5.96 Å². The van der Waals surface area contributed by atoms with Crippen LogP contribution in [0.4, 0.5) is 32.2 Å². The summed E-state index contributed by atoms with van der Waals surface area (Å²) in [5.41, 5.74) is 7.45.